The van der Waals surface area contributed by atoms with E-state index in [0.29, 0.717) is 38.0 Å². The lowest BCUT2D eigenvalue weighted by molar-refractivity contribution is -0.122. The Morgan fingerprint density at radius 2 is 2.07 bits per heavy atom. The van der Waals surface area contributed by atoms with Crippen molar-refractivity contribution in [1.29, 1.82) is 0 Å². The summed E-state index contributed by atoms with van der Waals surface area (Å²) in [6.45, 7) is 2.36. The van der Waals surface area contributed by atoms with Crippen LogP contribution >= 0.6 is 11.3 Å². The van der Waals surface area contributed by atoms with Gasteiger partial charge >= 0.3 is 0 Å². The summed E-state index contributed by atoms with van der Waals surface area (Å²) in [6.07, 6.45) is 0.804. The molecule has 0 fully saturated rings. The summed E-state index contributed by atoms with van der Waals surface area (Å²) < 4.78 is 10.9. The summed E-state index contributed by atoms with van der Waals surface area (Å²) in [5, 5.41) is 13.1. The molecule has 1 amide bonds. The number of hydrogen-bond acceptors (Lipinski definition) is 7. The van der Waals surface area contributed by atoms with Crippen LogP contribution in [0.4, 0.5) is 0 Å². The number of carbonyl (C=O) groups is 1. The van der Waals surface area contributed by atoms with Crippen molar-refractivity contribution >= 4 is 17.2 Å². The van der Waals surface area contributed by atoms with Gasteiger partial charge in [-0.1, -0.05) is 36.4 Å². The summed E-state index contributed by atoms with van der Waals surface area (Å²) in [5.74, 6) is 0.950. The largest absolute Gasteiger partial charge is 0.419 e. The van der Waals surface area contributed by atoms with E-state index in [1.807, 2.05) is 40.6 Å². The third-order valence-corrected chi connectivity index (χ3v) is 4.97. The Hall–Kier alpha value is -2.55. The molecular formula is C20H24N4O3S. The zero-order valence-electron chi connectivity index (χ0n) is 15.8. The second-order valence-corrected chi connectivity index (χ2v) is 7.21. The lowest BCUT2D eigenvalue weighted by Crippen LogP contribution is -2.39. The van der Waals surface area contributed by atoms with E-state index < -0.39 is 0 Å². The minimum absolute atomic E-state index is 0.0370. The molecule has 0 bridgehead atoms. The zero-order chi connectivity index (χ0) is 19.6. The standard InChI is InChI=1S/C20H24N4O3S/c1-26-12-11-24(14-18(25)21-10-9-16-6-3-2-4-7-16)15-19-22-23-20(27-19)17-8-5-13-28-17/h2-8,13H,9-12,14-15H2,1H3,(H,21,25). The van der Waals surface area contributed by atoms with Gasteiger partial charge in [0.05, 0.1) is 24.6 Å². The first-order valence-electron chi connectivity index (χ1n) is 9.13. The van der Waals surface area contributed by atoms with Gasteiger partial charge in [0.1, 0.15) is 0 Å². The average molecular weight is 401 g/mol. The second-order valence-electron chi connectivity index (χ2n) is 6.27. The molecule has 28 heavy (non-hydrogen) atoms. The Balaban J connectivity index is 1.50. The molecule has 2 aromatic heterocycles. The van der Waals surface area contributed by atoms with E-state index in [1.165, 1.54) is 5.56 Å². The van der Waals surface area contributed by atoms with Crippen LogP contribution in [0.2, 0.25) is 0 Å². The minimum Gasteiger partial charge on any atom is -0.419 e. The third-order valence-electron chi connectivity index (χ3n) is 4.12. The van der Waals surface area contributed by atoms with Crippen LogP contribution in [0.3, 0.4) is 0 Å². The molecule has 0 aliphatic heterocycles. The van der Waals surface area contributed by atoms with Crippen molar-refractivity contribution in [3.8, 4) is 10.8 Å². The fraction of sp³-hybridized carbons (Fsp3) is 0.350. The van der Waals surface area contributed by atoms with Crippen LogP contribution in [0, 0.1) is 0 Å². The molecule has 0 saturated heterocycles. The number of hydrogen-bond donors (Lipinski definition) is 1. The normalized spacial score (nSPS) is 11.1. The Morgan fingerprint density at radius 3 is 2.82 bits per heavy atom. The van der Waals surface area contributed by atoms with Gasteiger partial charge in [-0.25, -0.2) is 0 Å². The average Bonchev–Trinajstić information content (AvgIpc) is 3.39. The van der Waals surface area contributed by atoms with Crippen molar-refractivity contribution < 1.29 is 13.9 Å². The van der Waals surface area contributed by atoms with Crippen LogP contribution < -0.4 is 5.32 Å². The summed E-state index contributed by atoms with van der Waals surface area (Å²) >= 11 is 1.55. The first kappa shape index (κ1) is 20.2. The quantitative estimate of drug-likeness (QED) is 0.533. The number of ether oxygens (including phenoxy) is 1. The maximum Gasteiger partial charge on any atom is 0.257 e. The third kappa shape index (κ3) is 6.26. The molecule has 0 spiro atoms. The molecule has 3 aromatic rings. The molecule has 3 rings (SSSR count). The number of methoxy groups -OCH3 is 1. The predicted molar refractivity (Wildman–Crippen MR) is 108 cm³/mol. The van der Waals surface area contributed by atoms with Crippen molar-refractivity contribution in [2.24, 2.45) is 0 Å². The molecule has 0 aliphatic carbocycles. The van der Waals surface area contributed by atoms with Gasteiger partial charge in [-0.2, -0.15) is 0 Å². The van der Waals surface area contributed by atoms with Crippen LogP contribution in [0.1, 0.15) is 11.5 Å². The fourth-order valence-corrected chi connectivity index (χ4v) is 3.34. The molecule has 1 N–H and O–H groups in total. The highest BCUT2D eigenvalue weighted by Crippen LogP contribution is 2.23. The summed E-state index contributed by atoms with van der Waals surface area (Å²) in [5.41, 5.74) is 1.20. The van der Waals surface area contributed by atoms with Gasteiger partial charge in [0.15, 0.2) is 0 Å². The molecule has 7 nitrogen and oxygen atoms in total. The summed E-state index contributed by atoms with van der Waals surface area (Å²) in [7, 11) is 1.64. The number of rotatable bonds is 11. The highest BCUT2D eigenvalue weighted by Gasteiger charge is 2.16. The van der Waals surface area contributed by atoms with Gasteiger partial charge < -0.3 is 14.5 Å². The molecule has 0 aliphatic rings. The monoisotopic (exact) mass is 400 g/mol. The van der Waals surface area contributed by atoms with Crippen LogP contribution in [0.25, 0.3) is 10.8 Å². The molecule has 148 valence electrons. The molecule has 2 heterocycles. The van der Waals surface area contributed by atoms with Crippen LogP contribution in [-0.4, -0.2) is 54.4 Å². The number of carbonyl (C=O) groups excluding carboxylic acids is 1. The molecular weight excluding hydrogens is 376 g/mol. The lowest BCUT2D eigenvalue weighted by Gasteiger charge is -2.19. The predicted octanol–water partition coefficient (Wildman–Crippen LogP) is 2.61. The van der Waals surface area contributed by atoms with Crippen molar-refractivity contribution in [3.63, 3.8) is 0 Å². The Labute approximate surface area is 168 Å². The van der Waals surface area contributed by atoms with E-state index in [4.69, 9.17) is 9.15 Å². The Kier molecular flexibility index (Phi) is 7.71. The van der Waals surface area contributed by atoms with Crippen molar-refractivity contribution in [3.05, 3.63) is 59.3 Å². The molecule has 8 heteroatoms. The minimum atomic E-state index is -0.0370. The van der Waals surface area contributed by atoms with Crippen LogP contribution in [0.5, 0.6) is 0 Å². The Morgan fingerprint density at radius 1 is 1.21 bits per heavy atom. The van der Waals surface area contributed by atoms with E-state index in [2.05, 4.69) is 27.6 Å². The van der Waals surface area contributed by atoms with E-state index in [-0.39, 0.29) is 12.5 Å². The maximum atomic E-state index is 12.3. The lowest BCUT2D eigenvalue weighted by atomic mass is 10.1. The summed E-state index contributed by atoms with van der Waals surface area (Å²) in [6, 6.07) is 14.0. The van der Waals surface area contributed by atoms with E-state index in [1.54, 1.807) is 18.4 Å². The van der Waals surface area contributed by atoms with Gasteiger partial charge in [-0.15, -0.1) is 21.5 Å². The molecule has 0 atom stereocenters. The van der Waals surface area contributed by atoms with Crippen molar-refractivity contribution in [2.75, 3.05) is 33.4 Å². The number of benzene rings is 1. The maximum absolute atomic E-state index is 12.3. The first-order valence-corrected chi connectivity index (χ1v) is 10.0. The van der Waals surface area contributed by atoms with Crippen molar-refractivity contribution in [1.82, 2.24) is 20.4 Å². The number of nitrogens with one attached hydrogen (secondary N) is 1. The first-order chi connectivity index (χ1) is 13.7. The Bertz CT molecular complexity index is 836. The van der Waals surface area contributed by atoms with Crippen LogP contribution in [-0.2, 0) is 22.5 Å². The van der Waals surface area contributed by atoms with Gasteiger partial charge in [-0.3, -0.25) is 9.69 Å². The highest BCUT2D eigenvalue weighted by atomic mass is 32.1. The second kappa shape index (κ2) is 10.7. The summed E-state index contributed by atoms with van der Waals surface area (Å²) in [4.78, 5) is 15.2. The van der Waals surface area contributed by atoms with E-state index >= 15 is 0 Å². The van der Waals surface area contributed by atoms with Gasteiger partial charge in [0.2, 0.25) is 11.8 Å². The number of thiophene rings is 1. The van der Waals surface area contributed by atoms with Gasteiger partial charge in [0.25, 0.3) is 5.89 Å². The van der Waals surface area contributed by atoms with Gasteiger partial charge in [0, 0.05) is 20.2 Å². The van der Waals surface area contributed by atoms with E-state index in [9.17, 15) is 4.79 Å². The fourth-order valence-electron chi connectivity index (χ4n) is 2.69. The van der Waals surface area contributed by atoms with Crippen molar-refractivity contribution in [2.45, 2.75) is 13.0 Å². The topological polar surface area (TPSA) is 80.5 Å². The molecule has 0 unspecified atom stereocenters. The smallest absolute Gasteiger partial charge is 0.257 e. The SMILES string of the molecule is COCCN(CC(=O)NCCc1ccccc1)Cc1nnc(-c2cccs2)o1. The number of aromatic nitrogens is 2. The highest BCUT2D eigenvalue weighted by molar-refractivity contribution is 7.13. The molecule has 1 aromatic carbocycles. The van der Waals surface area contributed by atoms with Crippen LogP contribution in [0.15, 0.2) is 52.3 Å². The van der Waals surface area contributed by atoms with Gasteiger partial charge in [-0.05, 0) is 23.4 Å². The zero-order valence-corrected chi connectivity index (χ0v) is 16.7. The number of amides is 1. The molecule has 0 radical (unpaired) electrons. The van der Waals surface area contributed by atoms with E-state index in [0.717, 1.165) is 11.3 Å². The molecule has 0 saturated carbocycles. The number of nitrogens with zero attached hydrogens (tertiary/aromatic N) is 3.